The van der Waals surface area contributed by atoms with Crippen molar-refractivity contribution in [2.75, 3.05) is 32.1 Å². The summed E-state index contributed by atoms with van der Waals surface area (Å²) in [6, 6.07) is 5.14. The fourth-order valence-corrected chi connectivity index (χ4v) is 4.22. The van der Waals surface area contributed by atoms with E-state index in [1.54, 1.807) is 0 Å². The van der Waals surface area contributed by atoms with E-state index in [1.165, 1.54) is 12.1 Å². The minimum absolute atomic E-state index is 0.136. The van der Waals surface area contributed by atoms with Gasteiger partial charge in [0.25, 0.3) is 0 Å². The van der Waals surface area contributed by atoms with E-state index in [0.717, 1.165) is 62.6 Å². The van der Waals surface area contributed by atoms with Crippen LogP contribution < -0.4 is 10.6 Å². The van der Waals surface area contributed by atoms with Gasteiger partial charge in [0.05, 0.1) is 12.1 Å². The molecule has 152 valence electrons. The molecule has 0 unspecified atom stereocenters. The maximum atomic E-state index is 12.7. The zero-order chi connectivity index (χ0) is 19.8. The van der Waals surface area contributed by atoms with Crippen molar-refractivity contribution in [1.29, 1.82) is 0 Å². The van der Waals surface area contributed by atoms with Crippen LogP contribution in [0.25, 0.3) is 0 Å². The maximum absolute atomic E-state index is 12.7. The first-order chi connectivity index (χ1) is 12.9. The highest BCUT2D eigenvalue weighted by atomic mass is 32.2. The van der Waals surface area contributed by atoms with E-state index >= 15 is 0 Å². The quantitative estimate of drug-likeness (QED) is 0.532. The van der Waals surface area contributed by atoms with Crippen molar-refractivity contribution >= 4 is 17.7 Å². The molecule has 2 rings (SSSR count). The SMILES string of the molecule is CCNC(=NCc1ccc(C(F)(F)F)cc1)NCC1(SCC)CCOCC1. The van der Waals surface area contributed by atoms with Gasteiger partial charge in [-0.15, -0.1) is 0 Å². The third kappa shape index (κ3) is 6.92. The average molecular weight is 404 g/mol. The normalized spacial score (nSPS) is 17.6. The van der Waals surface area contributed by atoms with Gasteiger partial charge in [-0.2, -0.15) is 24.9 Å². The van der Waals surface area contributed by atoms with Crippen LogP contribution in [0.5, 0.6) is 0 Å². The standard InChI is InChI=1S/C19H28F3N3OS/c1-3-23-17(25-14-18(27-4-2)9-11-26-12-10-18)24-13-15-5-7-16(8-6-15)19(20,21)22/h5-8H,3-4,9-14H2,1-2H3,(H2,23,24,25). The Morgan fingerprint density at radius 3 is 2.37 bits per heavy atom. The van der Waals surface area contributed by atoms with Gasteiger partial charge in [0.2, 0.25) is 0 Å². The molecule has 8 heteroatoms. The predicted octanol–water partition coefficient (Wildman–Crippen LogP) is 4.06. The highest BCUT2D eigenvalue weighted by molar-refractivity contribution is 8.00. The predicted molar refractivity (Wildman–Crippen MR) is 105 cm³/mol. The molecule has 0 saturated carbocycles. The van der Waals surface area contributed by atoms with Crippen molar-refractivity contribution in [3.63, 3.8) is 0 Å². The van der Waals surface area contributed by atoms with E-state index in [-0.39, 0.29) is 4.75 Å². The first kappa shape index (κ1) is 21.9. The lowest BCUT2D eigenvalue weighted by molar-refractivity contribution is -0.137. The van der Waals surface area contributed by atoms with Gasteiger partial charge in [0.1, 0.15) is 0 Å². The number of guanidine groups is 1. The number of rotatable bonds is 7. The van der Waals surface area contributed by atoms with Crippen LogP contribution >= 0.6 is 11.8 Å². The van der Waals surface area contributed by atoms with Crippen molar-refractivity contribution in [2.24, 2.45) is 4.99 Å². The molecule has 1 fully saturated rings. The molecule has 1 heterocycles. The summed E-state index contributed by atoms with van der Waals surface area (Å²) in [5, 5.41) is 6.61. The summed E-state index contributed by atoms with van der Waals surface area (Å²) in [5.41, 5.74) is 0.0993. The Morgan fingerprint density at radius 1 is 1.15 bits per heavy atom. The summed E-state index contributed by atoms with van der Waals surface area (Å²) < 4.78 is 43.6. The van der Waals surface area contributed by atoms with E-state index in [2.05, 4.69) is 22.5 Å². The Bertz CT molecular complexity index is 594. The van der Waals surface area contributed by atoms with Crippen LogP contribution in [0.2, 0.25) is 0 Å². The molecule has 1 aromatic carbocycles. The van der Waals surface area contributed by atoms with E-state index < -0.39 is 11.7 Å². The number of thioether (sulfide) groups is 1. The summed E-state index contributed by atoms with van der Waals surface area (Å²) in [4.78, 5) is 4.52. The number of hydrogen-bond acceptors (Lipinski definition) is 3. The summed E-state index contributed by atoms with van der Waals surface area (Å²) in [6.45, 7) is 7.52. The molecular formula is C19H28F3N3OS. The van der Waals surface area contributed by atoms with Gasteiger partial charge >= 0.3 is 6.18 Å². The molecule has 1 aliphatic heterocycles. The van der Waals surface area contributed by atoms with E-state index in [0.29, 0.717) is 12.5 Å². The number of aliphatic imine (C=N–C) groups is 1. The Labute approximate surface area is 163 Å². The van der Waals surface area contributed by atoms with Gasteiger partial charge in [-0.3, -0.25) is 0 Å². The molecule has 0 bridgehead atoms. The third-order valence-corrected chi connectivity index (χ3v) is 5.93. The molecule has 0 radical (unpaired) electrons. The highest BCUT2D eigenvalue weighted by Gasteiger charge is 2.33. The van der Waals surface area contributed by atoms with Crippen LogP contribution in [0.1, 0.15) is 37.8 Å². The zero-order valence-electron chi connectivity index (χ0n) is 15.9. The van der Waals surface area contributed by atoms with Crippen molar-refractivity contribution in [2.45, 2.75) is 44.2 Å². The van der Waals surface area contributed by atoms with Crippen molar-refractivity contribution in [1.82, 2.24) is 10.6 Å². The Hall–Kier alpha value is -1.41. The van der Waals surface area contributed by atoms with Gasteiger partial charge in [-0.05, 0) is 43.2 Å². The fourth-order valence-electron chi connectivity index (χ4n) is 2.98. The smallest absolute Gasteiger partial charge is 0.381 e. The summed E-state index contributed by atoms with van der Waals surface area (Å²) in [5.74, 6) is 1.72. The lowest BCUT2D eigenvalue weighted by atomic mass is 9.99. The summed E-state index contributed by atoms with van der Waals surface area (Å²) in [6.07, 6.45) is -2.32. The lowest BCUT2D eigenvalue weighted by Crippen LogP contribution is -2.48. The minimum atomic E-state index is -4.31. The second kappa shape index (κ2) is 10.2. The number of halogens is 3. The molecule has 2 N–H and O–H groups in total. The van der Waals surface area contributed by atoms with Crippen LogP contribution in [-0.2, 0) is 17.5 Å². The molecule has 0 aromatic heterocycles. The molecule has 1 saturated heterocycles. The number of ether oxygens (including phenoxy) is 1. The lowest BCUT2D eigenvalue weighted by Gasteiger charge is -2.37. The van der Waals surface area contributed by atoms with E-state index in [1.807, 2.05) is 18.7 Å². The Balaban J connectivity index is 1.98. The Kier molecular flexibility index (Phi) is 8.28. The summed E-state index contributed by atoms with van der Waals surface area (Å²) in [7, 11) is 0. The molecule has 0 aliphatic carbocycles. The first-order valence-electron chi connectivity index (χ1n) is 9.28. The van der Waals surface area contributed by atoms with Crippen LogP contribution in [-0.4, -0.2) is 42.8 Å². The highest BCUT2D eigenvalue weighted by Crippen LogP contribution is 2.34. The minimum Gasteiger partial charge on any atom is -0.381 e. The average Bonchev–Trinajstić information content (AvgIpc) is 2.65. The van der Waals surface area contributed by atoms with Gasteiger partial charge in [-0.25, -0.2) is 4.99 Å². The molecule has 0 spiro atoms. The van der Waals surface area contributed by atoms with Crippen LogP contribution in [0.3, 0.4) is 0 Å². The number of benzene rings is 1. The second-order valence-electron chi connectivity index (χ2n) is 6.47. The largest absolute Gasteiger partial charge is 0.416 e. The molecule has 1 aliphatic rings. The molecule has 1 aromatic rings. The topological polar surface area (TPSA) is 45.7 Å². The third-order valence-electron chi connectivity index (χ3n) is 4.48. The number of alkyl halides is 3. The molecule has 27 heavy (non-hydrogen) atoms. The van der Waals surface area contributed by atoms with Crippen molar-refractivity contribution in [3.05, 3.63) is 35.4 Å². The monoisotopic (exact) mass is 403 g/mol. The van der Waals surface area contributed by atoms with Crippen LogP contribution in [0.15, 0.2) is 29.3 Å². The van der Waals surface area contributed by atoms with E-state index in [4.69, 9.17) is 4.74 Å². The van der Waals surface area contributed by atoms with Gasteiger partial charge in [0.15, 0.2) is 5.96 Å². The second-order valence-corrected chi connectivity index (χ2v) is 8.20. The fraction of sp³-hybridized carbons (Fsp3) is 0.632. The van der Waals surface area contributed by atoms with Crippen LogP contribution in [0.4, 0.5) is 13.2 Å². The molecule has 0 amide bonds. The van der Waals surface area contributed by atoms with Crippen LogP contribution in [0, 0.1) is 0 Å². The number of nitrogens with one attached hydrogen (secondary N) is 2. The van der Waals surface area contributed by atoms with Gasteiger partial charge < -0.3 is 15.4 Å². The van der Waals surface area contributed by atoms with Crippen molar-refractivity contribution in [3.8, 4) is 0 Å². The zero-order valence-corrected chi connectivity index (χ0v) is 16.7. The number of nitrogens with zero attached hydrogens (tertiary/aromatic N) is 1. The van der Waals surface area contributed by atoms with E-state index in [9.17, 15) is 13.2 Å². The number of hydrogen-bond donors (Lipinski definition) is 2. The van der Waals surface area contributed by atoms with Gasteiger partial charge in [-0.1, -0.05) is 19.1 Å². The van der Waals surface area contributed by atoms with Crippen molar-refractivity contribution < 1.29 is 17.9 Å². The molecule has 0 atom stereocenters. The van der Waals surface area contributed by atoms with Gasteiger partial charge in [0, 0.05) is 31.1 Å². The first-order valence-corrected chi connectivity index (χ1v) is 10.3. The maximum Gasteiger partial charge on any atom is 0.416 e. The molecular weight excluding hydrogens is 375 g/mol. The molecule has 4 nitrogen and oxygen atoms in total. The Morgan fingerprint density at radius 2 is 1.81 bits per heavy atom. The summed E-state index contributed by atoms with van der Waals surface area (Å²) >= 11 is 1.95.